The van der Waals surface area contributed by atoms with Gasteiger partial charge in [-0.15, -0.1) is 24.8 Å². The van der Waals surface area contributed by atoms with E-state index in [2.05, 4.69) is 24.2 Å². The van der Waals surface area contributed by atoms with Crippen molar-refractivity contribution in [3.8, 4) is 0 Å². The molecule has 0 saturated carbocycles. The van der Waals surface area contributed by atoms with Gasteiger partial charge in [-0.2, -0.15) is 0 Å². The van der Waals surface area contributed by atoms with Gasteiger partial charge < -0.3 is 10.2 Å². The minimum Gasteiger partial charge on any atom is -0.316 e. The Morgan fingerprint density at radius 3 is 2.60 bits per heavy atom. The van der Waals surface area contributed by atoms with Crippen molar-refractivity contribution in [1.29, 1.82) is 0 Å². The average Bonchev–Trinajstić information content (AvgIpc) is 2.16. The Morgan fingerprint density at radius 2 is 2.07 bits per heavy atom. The highest BCUT2D eigenvalue weighted by atomic mass is 35.5. The van der Waals surface area contributed by atoms with Gasteiger partial charge in [-0.05, 0) is 51.9 Å². The largest absolute Gasteiger partial charge is 0.316 e. The van der Waals surface area contributed by atoms with Crippen molar-refractivity contribution in [3.63, 3.8) is 0 Å². The Kier molecular flexibility index (Phi) is 13.1. The Balaban J connectivity index is 0. The van der Waals surface area contributed by atoms with Crippen LogP contribution in [0.15, 0.2) is 0 Å². The van der Waals surface area contributed by atoms with Gasteiger partial charge in [0.2, 0.25) is 0 Å². The maximum absolute atomic E-state index is 3.47. The highest BCUT2D eigenvalue weighted by Gasteiger charge is 2.14. The Hall–Kier alpha value is 0.500. The number of nitrogens with zero attached hydrogens (tertiary/aromatic N) is 1. The quantitative estimate of drug-likeness (QED) is 0.814. The monoisotopic (exact) mass is 256 g/mol. The Bertz CT molecular complexity index is 128. The Morgan fingerprint density at radius 1 is 1.33 bits per heavy atom. The summed E-state index contributed by atoms with van der Waals surface area (Å²) in [7, 11) is 2.25. The number of hydrogen-bond acceptors (Lipinski definition) is 2. The molecule has 1 rings (SSSR count). The third-order valence-electron chi connectivity index (χ3n) is 2.86. The van der Waals surface area contributed by atoms with E-state index in [9.17, 15) is 0 Å². The van der Waals surface area contributed by atoms with Gasteiger partial charge in [-0.25, -0.2) is 0 Å². The lowest BCUT2D eigenvalue weighted by atomic mass is 9.99. The zero-order chi connectivity index (χ0) is 9.52. The highest BCUT2D eigenvalue weighted by Crippen LogP contribution is 2.11. The van der Waals surface area contributed by atoms with Gasteiger partial charge >= 0.3 is 0 Å². The zero-order valence-electron chi connectivity index (χ0n) is 10.00. The molecule has 1 aliphatic rings. The third-order valence-corrected chi connectivity index (χ3v) is 2.86. The van der Waals surface area contributed by atoms with Crippen molar-refractivity contribution in [2.24, 2.45) is 5.92 Å². The highest BCUT2D eigenvalue weighted by molar-refractivity contribution is 5.85. The smallest absolute Gasteiger partial charge is 0.00187 e. The van der Waals surface area contributed by atoms with Crippen molar-refractivity contribution in [2.45, 2.75) is 32.6 Å². The van der Waals surface area contributed by atoms with Crippen LogP contribution in [0.1, 0.15) is 32.6 Å². The molecule has 94 valence electrons. The number of piperidine rings is 1. The first kappa shape index (κ1) is 17.9. The van der Waals surface area contributed by atoms with E-state index in [0.29, 0.717) is 0 Å². The van der Waals surface area contributed by atoms with Crippen molar-refractivity contribution in [2.75, 3.05) is 33.2 Å². The number of halogens is 2. The lowest BCUT2D eigenvalue weighted by Crippen LogP contribution is -2.37. The van der Waals surface area contributed by atoms with Gasteiger partial charge in [0.25, 0.3) is 0 Å². The van der Waals surface area contributed by atoms with Crippen LogP contribution < -0.4 is 5.32 Å². The molecule has 1 saturated heterocycles. The molecule has 1 heterocycles. The molecule has 0 aromatic rings. The number of rotatable bonds is 5. The summed E-state index contributed by atoms with van der Waals surface area (Å²) < 4.78 is 0. The van der Waals surface area contributed by atoms with Gasteiger partial charge in [0, 0.05) is 6.54 Å². The SMILES string of the molecule is CCCCN(C)CC1CCCNC1.Cl.Cl. The first-order valence-corrected chi connectivity index (χ1v) is 5.72. The molecule has 0 bridgehead atoms. The normalized spacial score (nSPS) is 20.6. The molecule has 2 nitrogen and oxygen atoms in total. The second-order valence-electron chi connectivity index (χ2n) is 4.33. The summed E-state index contributed by atoms with van der Waals surface area (Å²) in [6.07, 6.45) is 5.44. The van der Waals surface area contributed by atoms with Gasteiger partial charge in [-0.3, -0.25) is 0 Å². The van der Waals surface area contributed by atoms with Crippen LogP contribution in [0.5, 0.6) is 0 Å². The maximum Gasteiger partial charge on any atom is 0.00187 e. The lowest BCUT2D eigenvalue weighted by Gasteiger charge is -2.27. The van der Waals surface area contributed by atoms with E-state index in [0.717, 1.165) is 5.92 Å². The van der Waals surface area contributed by atoms with Crippen LogP contribution in [0.25, 0.3) is 0 Å². The van der Waals surface area contributed by atoms with Gasteiger partial charge in [0.05, 0.1) is 0 Å². The number of unbranched alkanes of at least 4 members (excludes halogenated alkanes) is 1. The minimum atomic E-state index is 0. The summed E-state index contributed by atoms with van der Waals surface area (Å²) in [5, 5.41) is 3.47. The van der Waals surface area contributed by atoms with Gasteiger partial charge in [0.15, 0.2) is 0 Å². The third kappa shape index (κ3) is 8.32. The fourth-order valence-corrected chi connectivity index (χ4v) is 2.04. The fraction of sp³-hybridized carbons (Fsp3) is 1.00. The Labute approximate surface area is 107 Å². The second-order valence-corrected chi connectivity index (χ2v) is 4.33. The van der Waals surface area contributed by atoms with E-state index >= 15 is 0 Å². The molecular formula is C11H26Cl2N2. The maximum atomic E-state index is 3.47. The van der Waals surface area contributed by atoms with Crippen LogP contribution in [0, 0.1) is 5.92 Å². The van der Waals surface area contributed by atoms with E-state index in [-0.39, 0.29) is 24.8 Å². The topological polar surface area (TPSA) is 15.3 Å². The molecule has 0 aliphatic carbocycles. The van der Waals surface area contributed by atoms with E-state index in [1.807, 2.05) is 0 Å². The van der Waals surface area contributed by atoms with Crippen molar-refractivity contribution in [3.05, 3.63) is 0 Å². The summed E-state index contributed by atoms with van der Waals surface area (Å²) >= 11 is 0. The molecule has 0 amide bonds. The molecule has 4 heteroatoms. The van der Waals surface area contributed by atoms with Crippen molar-refractivity contribution >= 4 is 24.8 Å². The molecule has 1 fully saturated rings. The number of nitrogens with one attached hydrogen (secondary N) is 1. The molecule has 0 aromatic heterocycles. The van der Waals surface area contributed by atoms with Crippen LogP contribution in [0.3, 0.4) is 0 Å². The molecule has 15 heavy (non-hydrogen) atoms. The molecule has 1 atom stereocenters. The lowest BCUT2D eigenvalue weighted by molar-refractivity contribution is 0.241. The van der Waals surface area contributed by atoms with Gasteiger partial charge in [0.1, 0.15) is 0 Å². The molecule has 1 unspecified atom stereocenters. The first-order valence-electron chi connectivity index (χ1n) is 5.72. The van der Waals surface area contributed by atoms with Crippen LogP contribution in [0.4, 0.5) is 0 Å². The molecule has 1 N–H and O–H groups in total. The minimum absolute atomic E-state index is 0. The fourth-order valence-electron chi connectivity index (χ4n) is 2.04. The molecule has 0 aromatic carbocycles. The summed E-state index contributed by atoms with van der Waals surface area (Å²) in [5.41, 5.74) is 0. The van der Waals surface area contributed by atoms with E-state index < -0.39 is 0 Å². The summed E-state index contributed by atoms with van der Waals surface area (Å²) in [4.78, 5) is 2.49. The molecule has 0 radical (unpaired) electrons. The van der Waals surface area contributed by atoms with Crippen LogP contribution >= 0.6 is 24.8 Å². The predicted molar refractivity (Wildman–Crippen MR) is 72.5 cm³/mol. The van der Waals surface area contributed by atoms with Crippen LogP contribution in [-0.2, 0) is 0 Å². The summed E-state index contributed by atoms with van der Waals surface area (Å²) in [6, 6.07) is 0. The van der Waals surface area contributed by atoms with Crippen molar-refractivity contribution < 1.29 is 0 Å². The summed E-state index contributed by atoms with van der Waals surface area (Å²) in [6.45, 7) is 7.28. The van der Waals surface area contributed by atoms with Gasteiger partial charge in [-0.1, -0.05) is 13.3 Å². The van der Waals surface area contributed by atoms with E-state index in [1.54, 1.807) is 0 Å². The molecular weight excluding hydrogens is 231 g/mol. The van der Waals surface area contributed by atoms with Crippen molar-refractivity contribution in [1.82, 2.24) is 10.2 Å². The predicted octanol–water partition coefficient (Wildman–Crippen LogP) is 2.56. The van der Waals surface area contributed by atoms with Crippen LogP contribution in [0.2, 0.25) is 0 Å². The standard InChI is InChI=1S/C11H24N2.2ClH/c1-3-4-8-13(2)10-11-6-5-7-12-9-11;;/h11-12H,3-10H2,1-2H3;2*1H. The summed E-state index contributed by atoms with van der Waals surface area (Å²) in [5.74, 6) is 0.899. The number of hydrogen-bond donors (Lipinski definition) is 1. The average molecular weight is 257 g/mol. The first-order chi connectivity index (χ1) is 6.33. The molecule has 0 spiro atoms. The van der Waals surface area contributed by atoms with E-state index in [1.165, 1.54) is 51.9 Å². The van der Waals surface area contributed by atoms with E-state index in [4.69, 9.17) is 0 Å². The zero-order valence-corrected chi connectivity index (χ0v) is 11.6. The molecule has 1 aliphatic heterocycles. The second kappa shape index (κ2) is 11.0. The van der Waals surface area contributed by atoms with Crippen LogP contribution in [-0.4, -0.2) is 38.1 Å².